The fraction of sp³-hybridized carbons (Fsp3) is 0.0938. The molecule has 6 nitrogen and oxygen atoms in total. The molecule has 1 aliphatic heterocycles. The Kier molecular flexibility index (Phi) is 7.87. The largest absolute Gasteiger partial charge is 0.487 e. The monoisotopic (exact) mass is 614 g/mol. The number of ether oxygens (including phenoxy) is 1. The maximum Gasteiger partial charge on any atom is 0.335 e. The molecule has 0 bridgehead atoms. The lowest BCUT2D eigenvalue weighted by Crippen LogP contribution is -2.54. The molecule has 8 heteroatoms. The van der Waals surface area contributed by atoms with Gasteiger partial charge in [0.1, 0.15) is 17.9 Å². The highest BCUT2D eigenvalue weighted by molar-refractivity contribution is 9.10. The van der Waals surface area contributed by atoms with Crippen molar-refractivity contribution >= 4 is 67.9 Å². The maximum absolute atomic E-state index is 13.4. The van der Waals surface area contributed by atoms with Gasteiger partial charge < -0.3 is 4.74 Å². The Morgan fingerprint density at radius 1 is 1.00 bits per heavy atom. The van der Waals surface area contributed by atoms with Gasteiger partial charge in [-0.15, -0.1) is 6.58 Å². The normalized spacial score (nSPS) is 14.5. The Balaban J connectivity index is 1.47. The lowest BCUT2D eigenvalue weighted by molar-refractivity contribution is -0.122. The van der Waals surface area contributed by atoms with Gasteiger partial charge in [-0.05, 0) is 92.6 Å². The van der Waals surface area contributed by atoms with Crippen LogP contribution in [-0.4, -0.2) is 17.8 Å². The minimum Gasteiger partial charge on any atom is -0.487 e. The van der Waals surface area contributed by atoms with Gasteiger partial charge in [-0.2, -0.15) is 0 Å². The molecule has 0 atom stereocenters. The van der Waals surface area contributed by atoms with E-state index in [1.54, 1.807) is 24.3 Å². The fourth-order valence-corrected chi connectivity index (χ4v) is 5.38. The van der Waals surface area contributed by atoms with Crippen LogP contribution in [0.15, 0.2) is 95.5 Å². The van der Waals surface area contributed by atoms with Crippen LogP contribution in [0.4, 0.5) is 10.5 Å². The zero-order valence-electron chi connectivity index (χ0n) is 21.5. The Bertz CT molecular complexity index is 1720. The Labute approximate surface area is 245 Å². The number of nitrogens with zero attached hydrogens (tertiary/aromatic N) is 1. The molecular weight excluding hydrogens is 592 g/mol. The van der Waals surface area contributed by atoms with Gasteiger partial charge in [0.15, 0.2) is 0 Å². The van der Waals surface area contributed by atoms with Crippen LogP contribution in [0.2, 0.25) is 5.02 Å². The van der Waals surface area contributed by atoms with Crippen molar-refractivity contribution in [3.05, 3.63) is 123 Å². The molecule has 1 heterocycles. The zero-order valence-corrected chi connectivity index (χ0v) is 23.9. The first-order chi connectivity index (χ1) is 19.3. The number of halogens is 2. The van der Waals surface area contributed by atoms with E-state index in [4.69, 9.17) is 16.3 Å². The number of imide groups is 2. The lowest BCUT2D eigenvalue weighted by atomic mass is 10.0. The molecule has 4 amide bonds. The van der Waals surface area contributed by atoms with E-state index in [0.29, 0.717) is 33.8 Å². The molecule has 0 aliphatic carbocycles. The molecule has 1 saturated heterocycles. The second-order valence-electron chi connectivity index (χ2n) is 9.30. The first-order valence-electron chi connectivity index (χ1n) is 12.5. The van der Waals surface area contributed by atoms with Gasteiger partial charge in [-0.1, -0.05) is 66.2 Å². The van der Waals surface area contributed by atoms with E-state index in [1.165, 1.54) is 12.1 Å². The number of allylic oxidation sites excluding steroid dienone is 1. The summed E-state index contributed by atoms with van der Waals surface area (Å²) < 4.78 is 6.94. The van der Waals surface area contributed by atoms with Crippen molar-refractivity contribution in [3.63, 3.8) is 0 Å². The number of carbonyl (C=O) groups is 3. The third-order valence-electron chi connectivity index (χ3n) is 6.59. The van der Waals surface area contributed by atoms with Crippen molar-refractivity contribution in [1.82, 2.24) is 5.32 Å². The quantitative estimate of drug-likeness (QED) is 0.132. The number of nitrogens with one attached hydrogen (secondary N) is 1. The summed E-state index contributed by atoms with van der Waals surface area (Å²) in [7, 11) is 0. The van der Waals surface area contributed by atoms with Crippen LogP contribution in [0.3, 0.4) is 0 Å². The second kappa shape index (κ2) is 11.5. The number of anilines is 1. The van der Waals surface area contributed by atoms with Crippen LogP contribution in [0.25, 0.3) is 16.8 Å². The van der Waals surface area contributed by atoms with E-state index < -0.39 is 17.8 Å². The highest BCUT2D eigenvalue weighted by atomic mass is 79.9. The highest BCUT2D eigenvalue weighted by Gasteiger charge is 2.37. The highest BCUT2D eigenvalue weighted by Crippen LogP contribution is 2.34. The minimum absolute atomic E-state index is 0.183. The van der Waals surface area contributed by atoms with Crippen LogP contribution in [0.5, 0.6) is 5.75 Å². The summed E-state index contributed by atoms with van der Waals surface area (Å²) in [6, 6.07) is 21.8. The summed E-state index contributed by atoms with van der Waals surface area (Å²) >= 11 is 9.83. The van der Waals surface area contributed by atoms with Crippen molar-refractivity contribution < 1.29 is 19.1 Å². The van der Waals surface area contributed by atoms with Crippen LogP contribution in [-0.2, 0) is 22.6 Å². The van der Waals surface area contributed by atoms with E-state index in [-0.39, 0.29) is 11.3 Å². The van der Waals surface area contributed by atoms with Crippen molar-refractivity contribution in [2.75, 3.05) is 4.90 Å². The number of hydrogen-bond acceptors (Lipinski definition) is 4. The summed E-state index contributed by atoms with van der Waals surface area (Å²) in [5.74, 6) is -0.881. The summed E-state index contributed by atoms with van der Waals surface area (Å²) in [5.41, 5.74) is 3.32. The molecule has 0 saturated carbocycles. The Morgan fingerprint density at radius 2 is 1.77 bits per heavy atom. The SMILES string of the molecule is C=CCc1cc(/C=C2/C(=O)NC(=O)N(c3ccc(C)c(Cl)c3)C2=O)cc(Br)c1OCc1cccc2ccccc12. The number of carbonyl (C=O) groups excluding carboxylic acids is 3. The van der Waals surface area contributed by atoms with E-state index in [1.807, 2.05) is 37.3 Å². The van der Waals surface area contributed by atoms with Gasteiger partial charge in [0.25, 0.3) is 11.8 Å². The Morgan fingerprint density at radius 3 is 2.55 bits per heavy atom. The van der Waals surface area contributed by atoms with Crippen LogP contribution >= 0.6 is 27.5 Å². The topological polar surface area (TPSA) is 75.7 Å². The van der Waals surface area contributed by atoms with E-state index in [2.05, 4.69) is 46.0 Å². The second-order valence-corrected chi connectivity index (χ2v) is 10.6. The van der Waals surface area contributed by atoms with Gasteiger partial charge in [-0.25, -0.2) is 9.69 Å². The number of amides is 4. The number of fused-ring (bicyclic) bond motifs is 1. The number of aryl methyl sites for hydroxylation is 1. The average molecular weight is 616 g/mol. The van der Waals surface area contributed by atoms with Crippen molar-refractivity contribution in [2.45, 2.75) is 20.0 Å². The molecule has 0 radical (unpaired) electrons. The number of hydrogen-bond donors (Lipinski definition) is 1. The molecule has 4 aromatic rings. The van der Waals surface area contributed by atoms with Crippen LogP contribution in [0, 0.1) is 6.92 Å². The summed E-state index contributed by atoms with van der Waals surface area (Å²) in [5, 5.41) is 4.89. The van der Waals surface area contributed by atoms with Gasteiger partial charge >= 0.3 is 6.03 Å². The predicted molar refractivity (Wildman–Crippen MR) is 162 cm³/mol. The van der Waals surface area contributed by atoms with Gasteiger partial charge in [0, 0.05) is 5.02 Å². The molecule has 1 fully saturated rings. The third-order valence-corrected chi connectivity index (χ3v) is 7.58. The van der Waals surface area contributed by atoms with Gasteiger partial charge in [0.2, 0.25) is 0 Å². The van der Waals surface area contributed by atoms with Crippen molar-refractivity contribution in [1.29, 1.82) is 0 Å². The number of benzene rings is 4. The van der Waals surface area contributed by atoms with Gasteiger partial charge in [0.05, 0.1) is 10.2 Å². The fourth-order valence-electron chi connectivity index (χ4n) is 4.57. The number of rotatable bonds is 7. The Hall–Kier alpha value is -4.20. The smallest absolute Gasteiger partial charge is 0.335 e. The average Bonchev–Trinajstić information content (AvgIpc) is 2.92. The molecule has 1 N–H and O–H groups in total. The van der Waals surface area contributed by atoms with Crippen molar-refractivity contribution in [3.8, 4) is 5.75 Å². The molecule has 0 spiro atoms. The summed E-state index contributed by atoms with van der Waals surface area (Å²) in [6.45, 7) is 6.02. The zero-order chi connectivity index (χ0) is 28.4. The van der Waals surface area contributed by atoms with E-state index >= 15 is 0 Å². The summed E-state index contributed by atoms with van der Waals surface area (Å²) in [4.78, 5) is 39.6. The van der Waals surface area contributed by atoms with E-state index in [9.17, 15) is 14.4 Å². The molecule has 4 aromatic carbocycles. The van der Waals surface area contributed by atoms with E-state index in [0.717, 1.165) is 32.4 Å². The molecule has 5 rings (SSSR count). The number of barbiturate groups is 1. The standard InChI is InChI=1S/C32H24BrClN2O4/c1-3-7-22-14-20(16-27(33)29(22)40-18-23-10-6-9-21-8-4-5-11-25(21)23)15-26-30(37)35-32(39)36(31(26)38)24-13-12-19(2)28(34)17-24/h3-6,8-17H,1,7,18H2,2H3,(H,35,37,39)/b26-15-. The molecule has 0 unspecified atom stereocenters. The van der Waals surface area contributed by atoms with Gasteiger partial charge in [-0.3, -0.25) is 14.9 Å². The lowest BCUT2D eigenvalue weighted by Gasteiger charge is -2.26. The molecule has 40 heavy (non-hydrogen) atoms. The summed E-state index contributed by atoms with van der Waals surface area (Å²) in [6.07, 6.45) is 3.70. The van der Waals surface area contributed by atoms with Crippen LogP contribution < -0.4 is 15.0 Å². The maximum atomic E-state index is 13.4. The van der Waals surface area contributed by atoms with Crippen LogP contribution in [0.1, 0.15) is 22.3 Å². The molecule has 200 valence electrons. The van der Waals surface area contributed by atoms with Crippen molar-refractivity contribution in [2.24, 2.45) is 0 Å². The molecule has 0 aromatic heterocycles. The molecule has 1 aliphatic rings. The first kappa shape index (κ1) is 27.4. The third kappa shape index (κ3) is 5.43. The molecular formula is C32H24BrClN2O4. The first-order valence-corrected chi connectivity index (χ1v) is 13.6. The number of urea groups is 1. The minimum atomic E-state index is -0.835. The predicted octanol–water partition coefficient (Wildman–Crippen LogP) is 7.54.